The number of aromatic nitrogens is 4. The maximum absolute atomic E-state index is 5.82. The molecule has 2 aromatic carbocycles. The minimum atomic E-state index is 0.0362. The van der Waals surface area contributed by atoms with E-state index in [4.69, 9.17) is 9.15 Å². The number of H-pyrrole nitrogens is 1. The van der Waals surface area contributed by atoms with Gasteiger partial charge in [0.15, 0.2) is 0 Å². The molecule has 1 atom stereocenters. The predicted octanol–water partition coefficient (Wildman–Crippen LogP) is 3.01. The zero-order valence-electron chi connectivity index (χ0n) is 17.7. The summed E-state index contributed by atoms with van der Waals surface area (Å²) >= 11 is 0. The van der Waals surface area contributed by atoms with Gasteiger partial charge in [0.25, 0.3) is 0 Å². The molecule has 32 heavy (non-hydrogen) atoms. The number of nitrogens with zero attached hydrogens (tertiary/aromatic N) is 3. The Bertz CT molecular complexity index is 1350. The van der Waals surface area contributed by atoms with Crippen molar-refractivity contribution in [2.45, 2.75) is 18.9 Å². The Labute approximate surface area is 185 Å². The molecule has 1 unspecified atom stereocenters. The van der Waals surface area contributed by atoms with Gasteiger partial charge in [-0.1, -0.05) is 65.8 Å². The van der Waals surface area contributed by atoms with E-state index in [0.717, 1.165) is 39.6 Å². The molecule has 2 N–H and O–H groups in total. The molecule has 0 saturated carbocycles. The number of rotatable bonds is 7. The van der Waals surface area contributed by atoms with Crippen LogP contribution < -0.4 is 20.6 Å². The first-order valence-corrected chi connectivity index (χ1v) is 10.5. The van der Waals surface area contributed by atoms with E-state index in [0.29, 0.717) is 18.3 Å². The molecule has 0 saturated heterocycles. The Morgan fingerprint density at radius 1 is 1.12 bits per heavy atom. The zero-order valence-corrected chi connectivity index (χ0v) is 17.7. The van der Waals surface area contributed by atoms with E-state index in [2.05, 4.69) is 56.1 Å². The lowest BCUT2D eigenvalue weighted by Gasteiger charge is -2.12. The van der Waals surface area contributed by atoms with Crippen molar-refractivity contribution in [3.63, 3.8) is 0 Å². The number of anilines is 1. The maximum atomic E-state index is 5.82. The summed E-state index contributed by atoms with van der Waals surface area (Å²) < 4.78 is 11.1. The molecular formula is C25H23N5O2. The normalized spacial score (nSPS) is 15.1. The van der Waals surface area contributed by atoms with Crippen LogP contribution in [0.4, 0.5) is 6.01 Å². The molecule has 0 radical (unpaired) electrons. The highest BCUT2D eigenvalue weighted by Crippen LogP contribution is 2.17. The van der Waals surface area contributed by atoms with Gasteiger partial charge < -0.3 is 14.5 Å². The van der Waals surface area contributed by atoms with Gasteiger partial charge in [-0.15, -0.1) is 5.10 Å². The van der Waals surface area contributed by atoms with Gasteiger partial charge in [-0.3, -0.25) is 5.10 Å². The maximum Gasteiger partial charge on any atom is 0.315 e. The van der Waals surface area contributed by atoms with Gasteiger partial charge in [0.05, 0.1) is 30.6 Å². The first kappa shape index (κ1) is 19.8. The van der Waals surface area contributed by atoms with Gasteiger partial charge in [-0.2, -0.15) is 5.10 Å². The van der Waals surface area contributed by atoms with Crippen LogP contribution in [-0.2, 0) is 6.42 Å². The number of benzene rings is 2. The fourth-order valence-corrected chi connectivity index (χ4v) is 3.69. The second-order valence-electron chi connectivity index (χ2n) is 7.57. The van der Waals surface area contributed by atoms with Crippen LogP contribution in [0.15, 0.2) is 59.0 Å². The first-order chi connectivity index (χ1) is 15.8. The van der Waals surface area contributed by atoms with Crippen molar-refractivity contribution in [3.05, 3.63) is 87.9 Å². The molecule has 0 amide bonds. The third-order valence-electron chi connectivity index (χ3n) is 5.31. The van der Waals surface area contributed by atoms with Gasteiger partial charge >= 0.3 is 6.01 Å². The second-order valence-corrected chi connectivity index (χ2v) is 7.57. The number of nitrogens with one attached hydrogen (secondary N) is 2. The number of hydrogen-bond acceptors (Lipinski definition) is 6. The van der Waals surface area contributed by atoms with Crippen molar-refractivity contribution >= 4 is 30.3 Å². The zero-order chi connectivity index (χ0) is 21.8. The van der Waals surface area contributed by atoms with Gasteiger partial charge in [-0.05, 0) is 35.8 Å². The summed E-state index contributed by atoms with van der Waals surface area (Å²) in [5, 5.41) is 21.3. The molecule has 160 valence electrons. The third kappa shape index (κ3) is 4.46. The fraction of sp³-hybridized carbons (Fsp3) is 0.160. The average molecular weight is 425 g/mol. The lowest BCUT2D eigenvalue weighted by Crippen LogP contribution is -2.33. The van der Waals surface area contributed by atoms with Crippen molar-refractivity contribution in [1.29, 1.82) is 0 Å². The van der Waals surface area contributed by atoms with Gasteiger partial charge in [0.2, 0.25) is 5.89 Å². The van der Waals surface area contributed by atoms with Gasteiger partial charge in [0.1, 0.15) is 5.75 Å². The molecule has 4 aromatic rings. The predicted molar refractivity (Wildman–Crippen MR) is 124 cm³/mol. The van der Waals surface area contributed by atoms with Crippen LogP contribution in [0, 0.1) is 0 Å². The quantitative estimate of drug-likeness (QED) is 0.473. The monoisotopic (exact) mass is 425 g/mol. The fourth-order valence-electron chi connectivity index (χ4n) is 3.69. The Morgan fingerprint density at radius 3 is 2.91 bits per heavy atom. The molecule has 1 aliphatic rings. The largest absolute Gasteiger partial charge is 0.497 e. The van der Waals surface area contributed by atoms with E-state index in [1.54, 1.807) is 7.11 Å². The highest BCUT2D eigenvalue weighted by atomic mass is 16.5. The summed E-state index contributed by atoms with van der Waals surface area (Å²) in [6.45, 7) is 0. The molecule has 7 heteroatoms. The number of aromatic amines is 1. The minimum absolute atomic E-state index is 0.0362. The lowest BCUT2D eigenvalue weighted by molar-refractivity contribution is 0.414. The smallest absolute Gasteiger partial charge is 0.315 e. The van der Waals surface area contributed by atoms with Crippen LogP contribution in [0.5, 0.6) is 5.75 Å². The minimum Gasteiger partial charge on any atom is -0.497 e. The van der Waals surface area contributed by atoms with Crippen molar-refractivity contribution in [1.82, 2.24) is 20.4 Å². The molecule has 1 aliphatic carbocycles. The Hall–Kier alpha value is -4.13. The highest BCUT2D eigenvalue weighted by Gasteiger charge is 2.14. The van der Waals surface area contributed by atoms with E-state index < -0.39 is 0 Å². The van der Waals surface area contributed by atoms with E-state index in [-0.39, 0.29) is 6.04 Å². The molecule has 5 rings (SSSR count). The Morgan fingerprint density at radius 2 is 2.03 bits per heavy atom. The van der Waals surface area contributed by atoms with Gasteiger partial charge in [-0.25, -0.2) is 0 Å². The first-order valence-electron chi connectivity index (χ1n) is 10.5. The summed E-state index contributed by atoms with van der Waals surface area (Å²) in [4.78, 5) is 0. The highest BCUT2D eigenvalue weighted by molar-refractivity contribution is 5.69. The van der Waals surface area contributed by atoms with E-state index in [9.17, 15) is 0 Å². The summed E-state index contributed by atoms with van der Waals surface area (Å²) in [7, 11) is 1.65. The summed E-state index contributed by atoms with van der Waals surface area (Å²) in [6.07, 6.45) is 9.71. The standard InChI is InChI=1S/C25H23N5O2/c1-31-20-9-5-8-18(14-20)15-24-29-30-25(32-24)26-19-11-13-23-21(16-19)22(27-28-23)12-10-17-6-3-2-4-7-17/h2-10,12-14,16,19,28H,11,15H2,1H3,(H,26,30)/b12-10+. The van der Waals surface area contributed by atoms with Crippen molar-refractivity contribution < 1.29 is 9.15 Å². The Kier molecular flexibility index (Phi) is 5.53. The number of ether oxygens (including phenoxy) is 1. The molecular weight excluding hydrogens is 402 g/mol. The molecule has 0 spiro atoms. The molecule has 0 bridgehead atoms. The van der Waals surface area contributed by atoms with Crippen LogP contribution in [0.3, 0.4) is 0 Å². The van der Waals surface area contributed by atoms with Crippen molar-refractivity contribution in [2.24, 2.45) is 0 Å². The summed E-state index contributed by atoms with van der Waals surface area (Å²) in [5.74, 6) is 1.36. The second kappa shape index (κ2) is 8.93. The van der Waals surface area contributed by atoms with Crippen molar-refractivity contribution in [3.8, 4) is 5.75 Å². The van der Waals surface area contributed by atoms with Crippen LogP contribution in [-0.4, -0.2) is 33.5 Å². The Balaban J connectivity index is 1.30. The lowest BCUT2D eigenvalue weighted by atomic mass is 10.1. The van der Waals surface area contributed by atoms with Crippen LogP contribution >= 0.6 is 0 Å². The van der Waals surface area contributed by atoms with Crippen LogP contribution in [0.25, 0.3) is 24.3 Å². The third-order valence-corrected chi connectivity index (χ3v) is 5.31. The van der Waals surface area contributed by atoms with Crippen LogP contribution in [0.2, 0.25) is 0 Å². The van der Waals surface area contributed by atoms with E-state index >= 15 is 0 Å². The molecule has 2 heterocycles. The molecule has 2 aromatic heterocycles. The number of fused-ring (bicyclic) bond motifs is 1. The van der Waals surface area contributed by atoms with E-state index in [1.165, 1.54) is 0 Å². The van der Waals surface area contributed by atoms with Gasteiger partial charge in [0, 0.05) is 5.22 Å². The van der Waals surface area contributed by atoms with Crippen molar-refractivity contribution in [2.75, 3.05) is 12.4 Å². The van der Waals surface area contributed by atoms with Crippen LogP contribution in [0.1, 0.15) is 29.1 Å². The average Bonchev–Trinajstić information content (AvgIpc) is 3.45. The number of hydrogen-bond donors (Lipinski definition) is 2. The number of methoxy groups -OCH3 is 1. The SMILES string of the molecule is COc1cccc(Cc2nnc(NC3C=c4c(/C=C/c5ccccc5)n[nH]c4=CC3)o2)c1. The summed E-state index contributed by atoms with van der Waals surface area (Å²) in [6, 6.07) is 18.4. The molecule has 0 aliphatic heterocycles. The summed E-state index contributed by atoms with van der Waals surface area (Å²) in [5.41, 5.74) is 3.08. The molecule has 7 nitrogen and oxygen atoms in total. The van der Waals surface area contributed by atoms with E-state index in [1.807, 2.05) is 48.5 Å². The molecule has 0 fully saturated rings. The topological polar surface area (TPSA) is 88.9 Å².